The molecule has 0 saturated carbocycles. The van der Waals surface area contributed by atoms with Crippen molar-refractivity contribution in [3.63, 3.8) is 0 Å². The smallest absolute Gasteiger partial charge is 0.329 e. The maximum absolute atomic E-state index is 15.0. The van der Waals surface area contributed by atoms with Gasteiger partial charge in [0.05, 0.1) is 6.10 Å². The zero-order valence-electron chi connectivity index (χ0n) is 42.0. The van der Waals surface area contributed by atoms with Crippen molar-refractivity contribution in [1.82, 2.24) is 41.7 Å². The number of rotatable bonds is 15. The van der Waals surface area contributed by atoms with Gasteiger partial charge in [0.15, 0.2) is 0 Å². The minimum atomic E-state index is -1.83. The Morgan fingerprint density at radius 1 is 0.775 bits per heavy atom. The van der Waals surface area contributed by atoms with Gasteiger partial charge in [0.1, 0.15) is 66.4 Å². The summed E-state index contributed by atoms with van der Waals surface area (Å²) in [5.41, 5.74) is 1.10. The van der Waals surface area contributed by atoms with E-state index in [2.05, 4.69) is 31.9 Å². The molecule has 8 amide bonds. The number of likely N-dealkylation sites (N-methyl/N-ethyl adjacent to an activating group) is 1. The van der Waals surface area contributed by atoms with Crippen LogP contribution in [0.4, 0.5) is 0 Å². The van der Waals surface area contributed by atoms with Crippen molar-refractivity contribution >= 4 is 53.2 Å². The van der Waals surface area contributed by atoms with Gasteiger partial charge in [-0.1, -0.05) is 77.1 Å². The lowest BCUT2D eigenvalue weighted by molar-refractivity contribution is -0.165. The van der Waals surface area contributed by atoms with Crippen LogP contribution in [-0.4, -0.2) is 152 Å². The molecule has 21 nitrogen and oxygen atoms in total. The molecule has 2 aromatic rings. The zero-order chi connectivity index (χ0) is 52.9. The number of hydrogen-bond donors (Lipinski definition) is 9. The summed E-state index contributed by atoms with van der Waals surface area (Å²) in [7, 11) is 1.35. The molecule has 21 heteroatoms. The fourth-order valence-electron chi connectivity index (χ4n) is 8.43. The predicted molar refractivity (Wildman–Crippen MR) is 258 cm³/mol. The van der Waals surface area contributed by atoms with Gasteiger partial charge in [-0.05, 0) is 81.5 Å². The summed E-state index contributed by atoms with van der Waals surface area (Å²) in [6.07, 6.45) is -4.43. The molecular formula is C50H72N8O13. The Balaban J connectivity index is 1.85. The second-order valence-corrected chi connectivity index (χ2v) is 19.2. The van der Waals surface area contributed by atoms with Gasteiger partial charge in [0.2, 0.25) is 47.3 Å². The van der Waals surface area contributed by atoms with Crippen molar-refractivity contribution in [3.05, 3.63) is 65.7 Å². The lowest BCUT2D eigenvalue weighted by atomic mass is 9.95. The molecule has 2 heterocycles. The number of cyclic esters (lactones) is 1. The number of benzene rings is 2. The summed E-state index contributed by atoms with van der Waals surface area (Å²) in [4.78, 5) is 129. The van der Waals surface area contributed by atoms with E-state index in [0.29, 0.717) is 17.5 Å². The first-order chi connectivity index (χ1) is 33.4. The summed E-state index contributed by atoms with van der Waals surface area (Å²) in [6.45, 7) is 12.4. The first-order valence-corrected chi connectivity index (χ1v) is 24.2. The third-order valence-electron chi connectivity index (χ3n) is 12.5. The van der Waals surface area contributed by atoms with E-state index in [1.54, 1.807) is 77.1 Å². The number of aliphatic hydroxyl groups is 2. The topological polar surface area (TPSA) is 302 Å². The molecule has 9 N–H and O–H groups in total. The number of carbonyl (C=O) groups excluding carboxylic acids is 9. The molecule has 2 bridgehead atoms. The summed E-state index contributed by atoms with van der Waals surface area (Å²) in [6, 6.07) is 2.94. The fraction of sp³-hybridized carbons (Fsp3) is 0.580. The number of fused-ring (bicyclic) bond motifs is 2. The van der Waals surface area contributed by atoms with Crippen LogP contribution in [-0.2, 0) is 60.7 Å². The molecule has 2 fully saturated rings. The number of hydrogen-bond acceptors (Lipinski definition) is 13. The largest absolute Gasteiger partial charge is 0.508 e. The van der Waals surface area contributed by atoms with Crippen LogP contribution in [0, 0.1) is 11.8 Å². The number of ether oxygens (including phenoxy) is 1. The highest BCUT2D eigenvalue weighted by atomic mass is 16.5. The van der Waals surface area contributed by atoms with E-state index < -0.39 is 126 Å². The highest BCUT2D eigenvalue weighted by Gasteiger charge is 2.46. The standard InChI is InChI=1S/C50H72N8O13/c1-10-14-38(61)51-28(6)43(63)55-41(29(7)59)46(66)56-42-30(8)71-50(70)40(27(4)5)54-45(65)36(24-32-17-19-33(60)20-18-32)57(9)49(69)37(25-31-15-12-11-13-16-31)58-39(62)22-21-34(48(58)68)52-44(64)35(23-26(2)3)53-47(42)67/h11-13,15-20,26-30,34-37,39-42,59-60,62H,10,14,21-25H2,1-9H3,(H,51,61)(H,52,64)(H,53,67)(H,54,65)(H,55,63)(H,56,66). The van der Waals surface area contributed by atoms with Gasteiger partial charge in [-0.15, -0.1) is 0 Å². The highest BCUT2D eigenvalue weighted by molar-refractivity contribution is 5.99. The van der Waals surface area contributed by atoms with Crippen LogP contribution in [0.1, 0.15) is 98.6 Å². The predicted octanol–water partition coefficient (Wildman–Crippen LogP) is 0.0708. The van der Waals surface area contributed by atoms with Gasteiger partial charge in [-0.25, -0.2) is 4.79 Å². The molecule has 4 rings (SSSR count). The van der Waals surface area contributed by atoms with E-state index in [0.717, 1.165) is 9.80 Å². The molecule has 2 saturated heterocycles. The van der Waals surface area contributed by atoms with Crippen molar-refractivity contribution in [1.29, 1.82) is 0 Å². The van der Waals surface area contributed by atoms with Crippen molar-refractivity contribution in [3.8, 4) is 5.75 Å². The number of aromatic hydroxyl groups is 1. The van der Waals surface area contributed by atoms with E-state index in [-0.39, 0.29) is 50.2 Å². The summed E-state index contributed by atoms with van der Waals surface area (Å²) in [5.74, 6) is -8.71. The molecule has 0 aliphatic carbocycles. The number of amides is 8. The molecule has 0 spiro atoms. The van der Waals surface area contributed by atoms with Gasteiger partial charge in [0, 0.05) is 26.3 Å². The molecule has 0 aromatic heterocycles. The molecule has 11 atom stereocenters. The number of phenolic OH excluding ortho intramolecular Hbond substituents is 1. The van der Waals surface area contributed by atoms with E-state index in [1.165, 1.54) is 40.0 Å². The second-order valence-electron chi connectivity index (χ2n) is 19.2. The molecule has 0 radical (unpaired) electrons. The molecule has 2 aromatic carbocycles. The third kappa shape index (κ3) is 15.7. The molecular weight excluding hydrogens is 921 g/mol. The highest BCUT2D eigenvalue weighted by Crippen LogP contribution is 2.26. The van der Waals surface area contributed by atoms with E-state index >= 15 is 4.79 Å². The monoisotopic (exact) mass is 993 g/mol. The van der Waals surface area contributed by atoms with Gasteiger partial charge < -0.3 is 61.8 Å². The maximum Gasteiger partial charge on any atom is 0.329 e. The second kappa shape index (κ2) is 26.0. The Kier molecular flexibility index (Phi) is 20.9. The zero-order valence-corrected chi connectivity index (χ0v) is 42.0. The normalized spacial score (nSPS) is 25.3. The van der Waals surface area contributed by atoms with E-state index in [9.17, 15) is 53.7 Å². The number of carbonyl (C=O) groups is 9. The average molecular weight is 993 g/mol. The number of nitrogens with zero attached hydrogens (tertiary/aromatic N) is 2. The van der Waals surface area contributed by atoms with Crippen LogP contribution in [0.3, 0.4) is 0 Å². The molecule has 11 unspecified atom stereocenters. The van der Waals surface area contributed by atoms with Gasteiger partial charge in [0.25, 0.3) is 0 Å². The quantitative estimate of drug-likeness (QED) is 0.107. The Morgan fingerprint density at radius 2 is 1.39 bits per heavy atom. The Labute approximate surface area is 414 Å². The summed E-state index contributed by atoms with van der Waals surface area (Å²) in [5, 5.41) is 47.7. The van der Waals surface area contributed by atoms with E-state index in [4.69, 9.17) is 4.74 Å². The van der Waals surface area contributed by atoms with Crippen LogP contribution >= 0.6 is 0 Å². The SMILES string of the molecule is CCCC(=O)NC(C)C(=O)NC(C(=O)NC1C(=O)NC(CC(C)C)C(=O)NC2CCC(O)N(C2=O)C(Cc2ccccc2)C(=O)N(C)C(Cc2ccc(O)cc2)C(=O)NC(C(C)C)C(=O)OC1C)C(C)O. The molecule has 390 valence electrons. The lowest BCUT2D eigenvalue weighted by Gasteiger charge is -2.43. The van der Waals surface area contributed by atoms with Crippen LogP contribution in [0.25, 0.3) is 0 Å². The third-order valence-corrected chi connectivity index (χ3v) is 12.5. The van der Waals surface area contributed by atoms with Gasteiger partial charge in [-0.2, -0.15) is 0 Å². The lowest BCUT2D eigenvalue weighted by Crippen LogP contribution is -2.65. The number of nitrogens with one attached hydrogen (secondary N) is 6. The minimum absolute atomic E-state index is 0.00254. The summed E-state index contributed by atoms with van der Waals surface area (Å²) < 4.78 is 5.86. The van der Waals surface area contributed by atoms with Crippen LogP contribution in [0.2, 0.25) is 0 Å². The van der Waals surface area contributed by atoms with Crippen molar-refractivity contribution in [2.24, 2.45) is 11.8 Å². The van der Waals surface area contributed by atoms with Crippen molar-refractivity contribution < 1.29 is 63.2 Å². The van der Waals surface area contributed by atoms with Gasteiger partial charge in [-0.3, -0.25) is 38.4 Å². The van der Waals surface area contributed by atoms with E-state index in [1.807, 2.05) is 0 Å². The fourth-order valence-corrected chi connectivity index (χ4v) is 8.43. The number of phenols is 1. The van der Waals surface area contributed by atoms with Crippen molar-refractivity contribution in [2.45, 2.75) is 167 Å². The number of aliphatic hydroxyl groups excluding tert-OH is 2. The summed E-state index contributed by atoms with van der Waals surface area (Å²) >= 11 is 0. The molecule has 2 aliphatic rings. The molecule has 71 heavy (non-hydrogen) atoms. The first kappa shape index (κ1) is 57.0. The Bertz CT molecular complexity index is 2210. The van der Waals surface area contributed by atoms with Crippen LogP contribution in [0.5, 0.6) is 5.75 Å². The molecule has 2 aliphatic heterocycles. The number of esters is 1. The Hall–Kier alpha value is -6.61. The maximum atomic E-state index is 15.0. The van der Waals surface area contributed by atoms with Crippen molar-refractivity contribution in [2.75, 3.05) is 7.05 Å². The van der Waals surface area contributed by atoms with Crippen LogP contribution in [0.15, 0.2) is 54.6 Å². The number of piperidine rings is 1. The minimum Gasteiger partial charge on any atom is -0.508 e. The Morgan fingerprint density at radius 3 is 1.99 bits per heavy atom. The first-order valence-electron chi connectivity index (χ1n) is 24.2. The van der Waals surface area contributed by atoms with Crippen LogP contribution < -0.4 is 31.9 Å². The van der Waals surface area contributed by atoms with Gasteiger partial charge >= 0.3 is 5.97 Å². The average Bonchev–Trinajstić information content (AvgIpc) is 3.30.